The molecule has 0 spiro atoms. The van der Waals surface area contributed by atoms with Gasteiger partial charge >= 0.3 is 0 Å². The Hall–Kier alpha value is -0.450. The van der Waals surface area contributed by atoms with Crippen molar-refractivity contribution in [1.29, 1.82) is 0 Å². The van der Waals surface area contributed by atoms with Gasteiger partial charge in [-0.15, -0.1) is 11.3 Å². The number of thiazole rings is 1. The predicted octanol–water partition coefficient (Wildman–Crippen LogP) is 1.67. The Balaban J connectivity index is 1.89. The van der Waals surface area contributed by atoms with Crippen LogP contribution in [0.3, 0.4) is 0 Å². The van der Waals surface area contributed by atoms with Crippen LogP contribution >= 0.6 is 11.3 Å². The molecule has 1 aliphatic rings. The minimum absolute atomic E-state index is 0.865. The van der Waals surface area contributed by atoms with Crippen LogP contribution in [-0.4, -0.2) is 36.2 Å². The van der Waals surface area contributed by atoms with E-state index in [4.69, 9.17) is 4.74 Å². The van der Waals surface area contributed by atoms with Crippen LogP contribution < -0.4 is 0 Å². The number of aromatic nitrogens is 1. The van der Waals surface area contributed by atoms with Crippen molar-refractivity contribution in [3.63, 3.8) is 0 Å². The molecule has 0 unspecified atom stereocenters. The van der Waals surface area contributed by atoms with Gasteiger partial charge in [-0.05, 0) is 13.3 Å². The highest BCUT2D eigenvalue weighted by Gasteiger charge is 2.10. The molecule has 0 aromatic carbocycles. The lowest BCUT2D eigenvalue weighted by molar-refractivity contribution is 0.140. The van der Waals surface area contributed by atoms with Gasteiger partial charge in [0, 0.05) is 30.8 Å². The molecule has 0 radical (unpaired) electrons. The highest BCUT2D eigenvalue weighted by atomic mass is 32.1. The molecule has 0 amide bonds. The van der Waals surface area contributed by atoms with Crippen molar-refractivity contribution < 1.29 is 4.74 Å². The van der Waals surface area contributed by atoms with E-state index in [0.717, 1.165) is 39.3 Å². The third kappa shape index (κ3) is 2.77. The number of hydrogen-bond acceptors (Lipinski definition) is 4. The van der Waals surface area contributed by atoms with Gasteiger partial charge in [0.1, 0.15) is 5.01 Å². The molecule has 14 heavy (non-hydrogen) atoms. The molecule has 2 heterocycles. The maximum absolute atomic E-state index is 5.41. The van der Waals surface area contributed by atoms with Gasteiger partial charge in [0.2, 0.25) is 0 Å². The van der Waals surface area contributed by atoms with Crippen LogP contribution in [0.5, 0.6) is 0 Å². The molecule has 0 saturated carbocycles. The summed E-state index contributed by atoms with van der Waals surface area (Å²) < 4.78 is 5.41. The highest BCUT2D eigenvalue weighted by Crippen LogP contribution is 2.14. The molecule has 0 atom stereocenters. The van der Waals surface area contributed by atoms with Gasteiger partial charge in [0.15, 0.2) is 0 Å². The van der Waals surface area contributed by atoms with Crippen LogP contribution in [0, 0.1) is 6.92 Å². The van der Waals surface area contributed by atoms with Gasteiger partial charge in [0.25, 0.3) is 0 Å². The zero-order valence-electron chi connectivity index (χ0n) is 8.53. The van der Waals surface area contributed by atoms with E-state index in [1.165, 1.54) is 9.88 Å². The molecule has 1 aromatic heterocycles. The van der Waals surface area contributed by atoms with E-state index in [1.54, 1.807) is 11.3 Å². The van der Waals surface area contributed by atoms with Crippen molar-refractivity contribution in [2.45, 2.75) is 19.9 Å². The minimum Gasteiger partial charge on any atom is -0.380 e. The van der Waals surface area contributed by atoms with Crippen molar-refractivity contribution in [2.24, 2.45) is 0 Å². The van der Waals surface area contributed by atoms with Crippen molar-refractivity contribution >= 4 is 11.3 Å². The largest absolute Gasteiger partial charge is 0.380 e. The molecule has 0 aliphatic carbocycles. The van der Waals surface area contributed by atoms with E-state index in [9.17, 15) is 0 Å². The highest BCUT2D eigenvalue weighted by molar-refractivity contribution is 7.11. The second kappa shape index (κ2) is 4.87. The molecule has 3 nitrogen and oxygen atoms in total. The van der Waals surface area contributed by atoms with E-state index in [-0.39, 0.29) is 0 Å². The Kier molecular flexibility index (Phi) is 3.50. The van der Waals surface area contributed by atoms with Crippen LogP contribution in [0.1, 0.15) is 16.3 Å². The Labute approximate surface area is 88.7 Å². The van der Waals surface area contributed by atoms with Crippen LogP contribution in [0.15, 0.2) is 6.20 Å². The average molecular weight is 212 g/mol. The molecule has 78 valence electrons. The lowest BCUT2D eigenvalue weighted by atomic mass is 10.4. The number of hydrogen-bond donors (Lipinski definition) is 0. The van der Waals surface area contributed by atoms with Crippen molar-refractivity contribution in [2.75, 3.05) is 26.3 Å². The van der Waals surface area contributed by atoms with E-state index in [1.807, 2.05) is 6.20 Å². The molecule has 1 saturated heterocycles. The quantitative estimate of drug-likeness (QED) is 0.745. The summed E-state index contributed by atoms with van der Waals surface area (Å²) >= 11 is 1.79. The van der Waals surface area contributed by atoms with Crippen LogP contribution in [0.4, 0.5) is 0 Å². The Morgan fingerprint density at radius 2 is 2.43 bits per heavy atom. The Morgan fingerprint density at radius 3 is 3.21 bits per heavy atom. The van der Waals surface area contributed by atoms with Crippen molar-refractivity contribution in [3.8, 4) is 0 Å². The topological polar surface area (TPSA) is 25.4 Å². The van der Waals surface area contributed by atoms with Crippen LogP contribution in [-0.2, 0) is 11.3 Å². The SMILES string of the molecule is Cc1cnc(CN2CCCOCC2)s1. The number of nitrogens with zero attached hydrogens (tertiary/aromatic N) is 2. The minimum atomic E-state index is 0.865. The second-order valence-corrected chi connectivity index (χ2v) is 4.93. The van der Waals surface area contributed by atoms with E-state index >= 15 is 0 Å². The second-order valence-electron chi connectivity index (χ2n) is 3.61. The van der Waals surface area contributed by atoms with Crippen molar-refractivity contribution in [1.82, 2.24) is 9.88 Å². The fraction of sp³-hybridized carbons (Fsp3) is 0.700. The van der Waals surface area contributed by atoms with Gasteiger partial charge in [-0.2, -0.15) is 0 Å². The van der Waals surface area contributed by atoms with E-state index < -0.39 is 0 Å². The fourth-order valence-electron chi connectivity index (χ4n) is 1.62. The molecule has 0 bridgehead atoms. The zero-order valence-corrected chi connectivity index (χ0v) is 9.35. The van der Waals surface area contributed by atoms with E-state index in [2.05, 4.69) is 16.8 Å². The van der Waals surface area contributed by atoms with Gasteiger partial charge < -0.3 is 4.74 Å². The summed E-state index contributed by atoms with van der Waals surface area (Å²) in [6, 6.07) is 0. The molecule has 1 aromatic rings. The normalized spacial score (nSPS) is 19.5. The molecule has 0 N–H and O–H groups in total. The molecule has 1 fully saturated rings. The predicted molar refractivity (Wildman–Crippen MR) is 57.6 cm³/mol. The molecular weight excluding hydrogens is 196 g/mol. The molecule has 2 rings (SSSR count). The first-order chi connectivity index (χ1) is 6.84. The Bertz CT molecular complexity index is 279. The van der Waals surface area contributed by atoms with Crippen LogP contribution in [0.25, 0.3) is 0 Å². The third-order valence-corrected chi connectivity index (χ3v) is 3.24. The fourth-order valence-corrected chi connectivity index (χ4v) is 2.45. The summed E-state index contributed by atoms with van der Waals surface area (Å²) in [5, 5.41) is 1.23. The first kappa shape index (κ1) is 10.1. The van der Waals surface area contributed by atoms with Crippen LogP contribution in [0.2, 0.25) is 0 Å². The summed E-state index contributed by atoms with van der Waals surface area (Å²) in [6.45, 7) is 7.05. The lowest BCUT2D eigenvalue weighted by Gasteiger charge is -2.16. The standard InChI is InChI=1S/C10H16N2OS/c1-9-7-11-10(14-9)8-12-3-2-5-13-6-4-12/h7H,2-6,8H2,1H3. The van der Waals surface area contributed by atoms with E-state index in [0.29, 0.717) is 0 Å². The maximum Gasteiger partial charge on any atom is 0.107 e. The smallest absolute Gasteiger partial charge is 0.107 e. The molecular formula is C10H16N2OS. The molecule has 1 aliphatic heterocycles. The summed E-state index contributed by atoms with van der Waals surface area (Å²) in [7, 11) is 0. The first-order valence-electron chi connectivity index (χ1n) is 5.06. The number of ether oxygens (including phenoxy) is 1. The zero-order chi connectivity index (χ0) is 9.80. The number of rotatable bonds is 2. The van der Waals surface area contributed by atoms with Gasteiger partial charge in [-0.3, -0.25) is 4.90 Å². The third-order valence-electron chi connectivity index (χ3n) is 2.34. The summed E-state index contributed by atoms with van der Waals surface area (Å²) in [6.07, 6.45) is 3.10. The Morgan fingerprint density at radius 1 is 1.50 bits per heavy atom. The maximum atomic E-state index is 5.41. The summed E-state index contributed by atoms with van der Waals surface area (Å²) in [5.74, 6) is 0. The van der Waals surface area contributed by atoms with Gasteiger partial charge in [0.05, 0.1) is 13.2 Å². The first-order valence-corrected chi connectivity index (χ1v) is 5.87. The summed E-state index contributed by atoms with van der Waals surface area (Å²) in [4.78, 5) is 8.10. The lowest BCUT2D eigenvalue weighted by Crippen LogP contribution is -2.25. The average Bonchev–Trinajstić information content (AvgIpc) is 2.43. The summed E-state index contributed by atoms with van der Waals surface area (Å²) in [5.41, 5.74) is 0. The molecule has 4 heteroatoms. The van der Waals surface area contributed by atoms with Gasteiger partial charge in [-0.25, -0.2) is 4.98 Å². The van der Waals surface area contributed by atoms with Crippen molar-refractivity contribution in [3.05, 3.63) is 16.1 Å². The van der Waals surface area contributed by atoms with Gasteiger partial charge in [-0.1, -0.05) is 0 Å². The number of aryl methyl sites for hydroxylation is 1. The monoisotopic (exact) mass is 212 g/mol.